The van der Waals surface area contributed by atoms with Crippen LogP contribution in [-0.2, 0) is 9.59 Å². The Hall–Kier alpha value is -3.80. The van der Waals surface area contributed by atoms with Gasteiger partial charge in [0, 0.05) is 11.8 Å². The third-order valence-electron chi connectivity index (χ3n) is 4.86. The quantitative estimate of drug-likeness (QED) is 0.416. The van der Waals surface area contributed by atoms with Gasteiger partial charge in [-0.2, -0.15) is 0 Å². The number of aliphatic hydroxyl groups is 1. The number of anilines is 1. The molecule has 144 valence electrons. The molecule has 0 bridgehead atoms. The second kappa shape index (κ2) is 7.31. The fourth-order valence-corrected chi connectivity index (χ4v) is 3.45. The lowest BCUT2D eigenvalue weighted by Crippen LogP contribution is -2.29. The van der Waals surface area contributed by atoms with Gasteiger partial charge in [-0.15, -0.1) is 0 Å². The van der Waals surface area contributed by atoms with Crippen LogP contribution in [0.25, 0.3) is 5.76 Å². The molecule has 1 aliphatic rings. The average molecular weight is 388 g/mol. The third-order valence-corrected chi connectivity index (χ3v) is 4.86. The van der Waals surface area contributed by atoms with Crippen LogP contribution in [0, 0.1) is 12.7 Å². The molecule has 0 saturated carbocycles. The molecular weight excluding hydrogens is 371 g/mol. The van der Waals surface area contributed by atoms with Gasteiger partial charge in [0.05, 0.1) is 23.5 Å². The molecule has 0 spiro atoms. The van der Waals surface area contributed by atoms with Crippen molar-refractivity contribution in [2.45, 2.75) is 13.0 Å². The minimum Gasteiger partial charge on any atom is -0.507 e. The first-order chi connectivity index (χ1) is 14.0. The van der Waals surface area contributed by atoms with Crippen LogP contribution >= 0.6 is 0 Å². The average Bonchev–Trinajstić information content (AvgIpc) is 2.99. The van der Waals surface area contributed by atoms with Crippen molar-refractivity contribution in [3.63, 3.8) is 0 Å². The summed E-state index contributed by atoms with van der Waals surface area (Å²) in [4.78, 5) is 31.1. The molecule has 1 fully saturated rings. The van der Waals surface area contributed by atoms with Crippen LogP contribution in [0.2, 0.25) is 0 Å². The number of aliphatic hydroxyl groups excluding tert-OH is 1. The van der Waals surface area contributed by atoms with E-state index in [0.717, 1.165) is 5.56 Å². The monoisotopic (exact) mass is 388 g/mol. The Kier molecular flexibility index (Phi) is 4.68. The predicted molar refractivity (Wildman–Crippen MR) is 107 cm³/mol. The number of nitrogens with zero attached hydrogens (tertiary/aromatic N) is 2. The Bertz CT molecular complexity index is 1120. The highest BCUT2D eigenvalue weighted by molar-refractivity contribution is 6.51. The van der Waals surface area contributed by atoms with Crippen LogP contribution in [0.5, 0.6) is 0 Å². The van der Waals surface area contributed by atoms with E-state index in [0.29, 0.717) is 16.8 Å². The van der Waals surface area contributed by atoms with Crippen LogP contribution in [0.15, 0.2) is 78.6 Å². The number of rotatable bonds is 3. The van der Waals surface area contributed by atoms with Gasteiger partial charge in [0.1, 0.15) is 11.6 Å². The Labute approximate surface area is 166 Å². The van der Waals surface area contributed by atoms with Crippen molar-refractivity contribution in [2.24, 2.45) is 0 Å². The molecule has 1 atom stereocenters. The molecule has 1 aliphatic heterocycles. The zero-order valence-electron chi connectivity index (χ0n) is 15.5. The van der Waals surface area contributed by atoms with Crippen molar-refractivity contribution < 1.29 is 19.1 Å². The van der Waals surface area contributed by atoms with Crippen LogP contribution in [0.1, 0.15) is 22.7 Å². The summed E-state index contributed by atoms with van der Waals surface area (Å²) in [5.74, 6) is -2.44. The number of ketones is 1. The molecule has 29 heavy (non-hydrogen) atoms. The Morgan fingerprint density at radius 1 is 1.07 bits per heavy atom. The van der Waals surface area contributed by atoms with Gasteiger partial charge >= 0.3 is 0 Å². The molecule has 2 heterocycles. The zero-order valence-corrected chi connectivity index (χ0v) is 15.5. The lowest BCUT2D eigenvalue weighted by molar-refractivity contribution is -0.132. The number of amides is 1. The van der Waals surface area contributed by atoms with Crippen molar-refractivity contribution in [2.75, 3.05) is 4.90 Å². The zero-order chi connectivity index (χ0) is 20.5. The van der Waals surface area contributed by atoms with Gasteiger partial charge in [-0.05, 0) is 36.8 Å². The fraction of sp³-hybridized carbons (Fsp3) is 0.0870. The number of carbonyl (C=O) groups is 2. The van der Waals surface area contributed by atoms with E-state index in [-0.39, 0.29) is 11.3 Å². The molecule has 0 aliphatic carbocycles. The van der Waals surface area contributed by atoms with Gasteiger partial charge < -0.3 is 5.11 Å². The van der Waals surface area contributed by atoms with Crippen molar-refractivity contribution in [3.8, 4) is 0 Å². The molecule has 4 rings (SSSR count). The summed E-state index contributed by atoms with van der Waals surface area (Å²) >= 11 is 0. The Balaban J connectivity index is 1.95. The van der Waals surface area contributed by atoms with Crippen molar-refractivity contribution in [3.05, 3.63) is 101 Å². The van der Waals surface area contributed by atoms with E-state index < -0.39 is 23.5 Å². The third kappa shape index (κ3) is 3.29. The molecule has 1 saturated heterocycles. The Morgan fingerprint density at radius 2 is 1.83 bits per heavy atom. The van der Waals surface area contributed by atoms with E-state index in [2.05, 4.69) is 4.98 Å². The van der Waals surface area contributed by atoms with E-state index in [1.54, 1.807) is 48.7 Å². The van der Waals surface area contributed by atoms with Crippen LogP contribution in [0.4, 0.5) is 10.1 Å². The maximum Gasteiger partial charge on any atom is 0.300 e. The number of hydrogen-bond donors (Lipinski definition) is 1. The highest BCUT2D eigenvalue weighted by atomic mass is 19.1. The van der Waals surface area contributed by atoms with Gasteiger partial charge in [0.2, 0.25) is 0 Å². The summed E-state index contributed by atoms with van der Waals surface area (Å²) in [6, 6.07) is 14.9. The molecule has 2 aromatic carbocycles. The second-order valence-electron chi connectivity index (χ2n) is 6.80. The number of benzene rings is 2. The predicted octanol–water partition coefficient (Wildman–Crippen LogP) is 4.16. The number of aryl methyl sites for hydroxylation is 1. The minimum atomic E-state index is -0.976. The van der Waals surface area contributed by atoms with E-state index in [1.807, 2.05) is 6.92 Å². The van der Waals surface area contributed by atoms with Gasteiger partial charge in [-0.1, -0.05) is 42.0 Å². The SMILES string of the molecule is Cc1ccc(C(O)=C2C(=O)C(=O)N(c3cccnc3)C2c2cccc(F)c2)cc1. The first kappa shape index (κ1) is 18.6. The molecule has 1 aromatic heterocycles. The molecule has 3 aromatic rings. The first-order valence-electron chi connectivity index (χ1n) is 9.01. The Morgan fingerprint density at radius 3 is 2.48 bits per heavy atom. The van der Waals surface area contributed by atoms with Crippen LogP contribution in [-0.4, -0.2) is 21.8 Å². The fourth-order valence-electron chi connectivity index (χ4n) is 3.45. The normalized spacial score (nSPS) is 18.3. The summed E-state index contributed by atoms with van der Waals surface area (Å²) in [6.45, 7) is 1.90. The molecule has 1 unspecified atom stereocenters. The second-order valence-corrected chi connectivity index (χ2v) is 6.80. The number of Topliss-reactive ketones (excluding diaryl/α,β-unsaturated/α-hetero) is 1. The van der Waals surface area contributed by atoms with Crippen LogP contribution in [0.3, 0.4) is 0 Å². The van der Waals surface area contributed by atoms with Crippen LogP contribution < -0.4 is 4.90 Å². The van der Waals surface area contributed by atoms with Gasteiger partial charge in [0.15, 0.2) is 0 Å². The lowest BCUT2D eigenvalue weighted by Gasteiger charge is -2.25. The standard InChI is InChI=1S/C23H17FN2O3/c1-14-7-9-15(10-8-14)21(27)19-20(16-4-2-5-17(24)12-16)26(23(29)22(19)28)18-6-3-11-25-13-18/h2-13,20,27H,1H3. The summed E-state index contributed by atoms with van der Waals surface area (Å²) in [5, 5.41) is 10.9. The van der Waals surface area contributed by atoms with E-state index in [4.69, 9.17) is 0 Å². The summed E-state index contributed by atoms with van der Waals surface area (Å²) < 4.78 is 14.0. The highest BCUT2D eigenvalue weighted by Crippen LogP contribution is 2.41. The summed E-state index contributed by atoms with van der Waals surface area (Å²) in [7, 11) is 0. The number of halogens is 1. The van der Waals surface area contributed by atoms with Gasteiger partial charge in [0.25, 0.3) is 11.7 Å². The maximum atomic E-state index is 14.0. The van der Waals surface area contributed by atoms with E-state index in [1.165, 1.54) is 29.3 Å². The molecular formula is C23H17FN2O3. The molecule has 1 N–H and O–H groups in total. The van der Waals surface area contributed by atoms with E-state index in [9.17, 15) is 19.1 Å². The van der Waals surface area contributed by atoms with Crippen molar-refractivity contribution in [1.82, 2.24) is 4.98 Å². The minimum absolute atomic E-state index is 0.0895. The molecule has 5 nitrogen and oxygen atoms in total. The molecule has 0 radical (unpaired) electrons. The maximum absolute atomic E-state index is 14.0. The van der Waals surface area contributed by atoms with E-state index >= 15 is 0 Å². The summed E-state index contributed by atoms with van der Waals surface area (Å²) in [6.07, 6.45) is 2.99. The number of carbonyl (C=O) groups excluding carboxylic acids is 2. The first-order valence-corrected chi connectivity index (χ1v) is 9.01. The number of hydrogen-bond acceptors (Lipinski definition) is 4. The van der Waals surface area contributed by atoms with Gasteiger partial charge in [-0.25, -0.2) is 4.39 Å². The van der Waals surface area contributed by atoms with Gasteiger partial charge in [-0.3, -0.25) is 19.5 Å². The summed E-state index contributed by atoms with van der Waals surface area (Å²) in [5.41, 5.74) is 2.06. The highest BCUT2D eigenvalue weighted by Gasteiger charge is 2.47. The smallest absolute Gasteiger partial charge is 0.300 e. The van der Waals surface area contributed by atoms with Crippen molar-refractivity contribution >= 4 is 23.1 Å². The molecule has 1 amide bonds. The topological polar surface area (TPSA) is 70.5 Å². The molecule has 6 heteroatoms. The largest absolute Gasteiger partial charge is 0.507 e. The number of pyridine rings is 1. The number of aromatic nitrogens is 1. The lowest BCUT2D eigenvalue weighted by atomic mass is 9.95. The van der Waals surface area contributed by atoms with Crippen molar-refractivity contribution in [1.29, 1.82) is 0 Å².